The van der Waals surface area contributed by atoms with Crippen LogP contribution in [-0.4, -0.2) is 35.5 Å². The van der Waals surface area contributed by atoms with Gasteiger partial charge in [0.15, 0.2) is 5.65 Å². The summed E-state index contributed by atoms with van der Waals surface area (Å²) < 4.78 is 0. The molecule has 5 heteroatoms. The van der Waals surface area contributed by atoms with Gasteiger partial charge in [-0.3, -0.25) is 4.79 Å². The van der Waals surface area contributed by atoms with Crippen molar-refractivity contribution in [2.75, 3.05) is 18.5 Å². The molecular weight excluding hydrogens is 240 g/mol. The van der Waals surface area contributed by atoms with E-state index >= 15 is 0 Å². The molecule has 1 aliphatic rings. The Morgan fingerprint density at radius 2 is 2.32 bits per heavy atom. The Kier molecular flexibility index (Phi) is 2.81. The van der Waals surface area contributed by atoms with Crippen molar-refractivity contribution in [2.45, 2.75) is 19.4 Å². The maximum Gasteiger partial charge on any atom is 0.252 e. The number of rotatable bonds is 2. The number of anilines is 1. The van der Waals surface area contributed by atoms with Gasteiger partial charge in [-0.2, -0.15) is 0 Å². The lowest BCUT2D eigenvalue weighted by atomic mass is 10.1. The number of hydrogen-bond acceptors (Lipinski definition) is 4. The van der Waals surface area contributed by atoms with E-state index in [1.807, 2.05) is 18.2 Å². The van der Waals surface area contributed by atoms with Crippen molar-refractivity contribution in [3.63, 3.8) is 0 Å². The van der Waals surface area contributed by atoms with Crippen molar-refractivity contribution < 1.29 is 4.79 Å². The molecule has 0 saturated carbocycles. The summed E-state index contributed by atoms with van der Waals surface area (Å²) in [5.41, 5.74) is 1.24. The lowest BCUT2D eigenvalue weighted by molar-refractivity contribution is 0.0963. The zero-order valence-electron chi connectivity index (χ0n) is 11.1. The standard InChI is InChI=1S/C14H16N4O/c1-9-5-6-18(9)12-4-3-10-7-11(14(19)15-2)8-16-13(10)17-12/h3-4,7-9H,5-6H2,1-2H3,(H,15,19). The summed E-state index contributed by atoms with van der Waals surface area (Å²) in [6, 6.07) is 6.34. The molecule has 1 fully saturated rings. The van der Waals surface area contributed by atoms with E-state index in [-0.39, 0.29) is 5.91 Å². The summed E-state index contributed by atoms with van der Waals surface area (Å²) in [4.78, 5) is 22.6. The maximum absolute atomic E-state index is 11.6. The van der Waals surface area contributed by atoms with Crippen molar-refractivity contribution in [1.82, 2.24) is 15.3 Å². The summed E-state index contributed by atoms with van der Waals surface area (Å²) in [5.74, 6) is 0.835. The van der Waals surface area contributed by atoms with Gasteiger partial charge in [0.2, 0.25) is 0 Å². The quantitative estimate of drug-likeness (QED) is 0.886. The summed E-state index contributed by atoms with van der Waals surface area (Å²) >= 11 is 0. The highest BCUT2D eigenvalue weighted by Gasteiger charge is 2.24. The SMILES string of the molecule is CNC(=O)c1cnc2nc(N3CCC3C)ccc2c1. The number of fused-ring (bicyclic) bond motifs is 1. The molecule has 1 saturated heterocycles. The molecule has 2 aromatic rings. The van der Waals surface area contributed by atoms with Crippen LogP contribution in [0.2, 0.25) is 0 Å². The molecule has 0 aromatic carbocycles. The molecule has 1 N–H and O–H groups in total. The second-order valence-electron chi connectivity index (χ2n) is 4.85. The minimum Gasteiger partial charge on any atom is -0.355 e. The molecule has 0 spiro atoms. The fourth-order valence-corrected chi connectivity index (χ4v) is 2.29. The third kappa shape index (κ3) is 2.01. The van der Waals surface area contributed by atoms with E-state index in [4.69, 9.17) is 0 Å². The highest BCUT2D eigenvalue weighted by atomic mass is 16.1. The first-order valence-electron chi connectivity index (χ1n) is 6.44. The van der Waals surface area contributed by atoms with Gasteiger partial charge < -0.3 is 10.2 Å². The number of hydrogen-bond donors (Lipinski definition) is 1. The molecule has 1 atom stereocenters. The number of carbonyl (C=O) groups excluding carboxylic acids is 1. The predicted octanol–water partition coefficient (Wildman–Crippen LogP) is 1.59. The van der Waals surface area contributed by atoms with Crippen LogP contribution in [0.3, 0.4) is 0 Å². The Bertz CT molecular complexity index is 640. The topological polar surface area (TPSA) is 58.1 Å². The van der Waals surface area contributed by atoms with Crippen molar-refractivity contribution >= 4 is 22.8 Å². The Morgan fingerprint density at radius 3 is 2.95 bits per heavy atom. The Hall–Kier alpha value is -2.17. The second-order valence-corrected chi connectivity index (χ2v) is 4.85. The highest BCUT2D eigenvalue weighted by molar-refractivity contribution is 5.96. The van der Waals surface area contributed by atoms with E-state index in [0.29, 0.717) is 17.3 Å². The van der Waals surface area contributed by atoms with Gasteiger partial charge in [0.1, 0.15) is 5.82 Å². The van der Waals surface area contributed by atoms with Crippen molar-refractivity contribution in [1.29, 1.82) is 0 Å². The van der Waals surface area contributed by atoms with Gasteiger partial charge in [-0.25, -0.2) is 9.97 Å². The van der Waals surface area contributed by atoms with Crippen LogP contribution in [0.4, 0.5) is 5.82 Å². The largest absolute Gasteiger partial charge is 0.355 e. The Morgan fingerprint density at radius 1 is 1.47 bits per heavy atom. The van der Waals surface area contributed by atoms with Crippen molar-refractivity contribution in [2.24, 2.45) is 0 Å². The smallest absolute Gasteiger partial charge is 0.252 e. The van der Waals surface area contributed by atoms with Crippen LogP contribution in [0.5, 0.6) is 0 Å². The van der Waals surface area contributed by atoms with E-state index in [1.54, 1.807) is 13.2 Å². The lowest BCUT2D eigenvalue weighted by Gasteiger charge is -2.39. The molecule has 0 aliphatic carbocycles. The van der Waals surface area contributed by atoms with Crippen LogP contribution in [0.1, 0.15) is 23.7 Å². The van der Waals surface area contributed by atoms with Crippen molar-refractivity contribution in [3.05, 3.63) is 30.0 Å². The van der Waals surface area contributed by atoms with Gasteiger partial charge in [-0.1, -0.05) is 0 Å². The zero-order valence-corrected chi connectivity index (χ0v) is 11.1. The summed E-state index contributed by atoms with van der Waals surface area (Å²) in [6.45, 7) is 3.24. The third-order valence-electron chi connectivity index (χ3n) is 3.63. The molecular formula is C14H16N4O. The van der Waals surface area contributed by atoms with Crippen LogP contribution in [0.15, 0.2) is 24.4 Å². The average Bonchev–Trinajstić information content (AvgIpc) is 2.44. The van der Waals surface area contributed by atoms with E-state index in [0.717, 1.165) is 17.7 Å². The molecule has 0 radical (unpaired) electrons. The minimum atomic E-state index is -0.130. The Labute approximate surface area is 111 Å². The average molecular weight is 256 g/mol. The summed E-state index contributed by atoms with van der Waals surface area (Å²) in [5, 5.41) is 3.48. The summed E-state index contributed by atoms with van der Waals surface area (Å²) in [6.07, 6.45) is 2.78. The molecule has 3 rings (SSSR count). The number of carbonyl (C=O) groups is 1. The summed E-state index contributed by atoms with van der Waals surface area (Å²) in [7, 11) is 1.61. The van der Waals surface area contributed by atoms with Gasteiger partial charge in [-0.05, 0) is 31.5 Å². The van der Waals surface area contributed by atoms with Crippen LogP contribution < -0.4 is 10.2 Å². The molecule has 98 valence electrons. The van der Waals surface area contributed by atoms with Crippen molar-refractivity contribution in [3.8, 4) is 0 Å². The normalized spacial score (nSPS) is 18.2. The molecule has 1 amide bonds. The van der Waals surface area contributed by atoms with E-state index < -0.39 is 0 Å². The Balaban J connectivity index is 1.98. The first-order chi connectivity index (χ1) is 9.19. The minimum absolute atomic E-state index is 0.130. The number of pyridine rings is 2. The molecule has 1 aliphatic heterocycles. The fraction of sp³-hybridized carbons (Fsp3) is 0.357. The molecule has 0 bridgehead atoms. The molecule has 3 heterocycles. The van der Waals surface area contributed by atoms with Crippen LogP contribution in [0.25, 0.3) is 11.0 Å². The molecule has 1 unspecified atom stereocenters. The first-order valence-corrected chi connectivity index (χ1v) is 6.44. The van der Waals surface area contributed by atoms with Gasteiger partial charge in [0, 0.05) is 31.2 Å². The first kappa shape index (κ1) is 11.9. The van der Waals surface area contributed by atoms with E-state index in [9.17, 15) is 4.79 Å². The molecule has 2 aromatic heterocycles. The number of amides is 1. The zero-order chi connectivity index (χ0) is 13.4. The highest BCUT2D eigenvalue weighted by Crippen LogP contribution is 2.25. The second kappa shape index (κ2) is 4.50. The van der Waals surface area contributed by atoms with Gasteiger partial charge in [0.05, 0.1) is 5.56 Å². The number of nitrogens with one attached hydrogen (secondary N) is 1. The third-order valence-corrected chi connectivity index (χ3v) is 3.63. The maximum atomic E-state index is 11.6. The number of nitrogens with zero attached hydrogens (tertiary/aromatic N) is 3. The van der Waals surface area contributed by atoms with E-state index in [1.165, 1.54) is 6.42 Å². The van der Waals surface area contributed by atoms with Crippen LogP contribution in [-0.2, 0) is 0 Å². The monoisotopic (exact) mass is 256 g/mol. The van der Waals surface area contributed by atoms with E-state index in [2.05, 4.69) is 27.1 Å². The van der Waals surface area contributed by atoms with Gasteiger partial charge >= 0.3 is 0 Å². The van der Waals surface area contributed by atoms with Gasteiger partial charge in [0.25, 0.3) is 5.91 Å². The van der Waals surface area contributed by atoms with Gasteiger partial charge in [-0.15, -0.1) is 0 Å². The molecule has 19 heavy (non-hydrogen) atoms. The molecule has 5 nitrogen and oxygen atoms in total. The van der Waals surface area contributed by atoms with Crippen LogP contribution in [0, 0.1) is 0 Å². The predicted molar refractivity (Wildman–Crippen MR) is 74.4 cm³/mol. The lowest BCUT2D eigenvalue weighted by Crippen LogP contribution is -2.46. The van der Waals surface area contributed by atoms with Crippen LogP contribution >= 0.6 is 0 Å². The number of aromatic nitrogens is 2. The fourth-order valence-electron chi connectivity index (χ4n) is 2.29.